The van der Waals surface area contributed by atoms with Gasteiger partial charge in [-0.15, -0.1) is 0 Å². The number of hydrogen-bond acceptors (Lipinski definition) is 4. The lowest BCUT2D eigenvalue weighted by Crippen LogP contribution is -2.26. The number of phenols is 1. The lowest BCUT2D eigenvalue weighted by atomic mass is 10.1. The van der Waals surface area contributed by atoms with E-state index in [2.05, 4.69) is 4.72 Å². The molecule has 2 rings (SSSR count). The van der Waals surface area contributed by atoms with Crippen molar-refractivity contribution in [3.63, 3.8) is 0 Å². The molecule has 0 aliphatic rings. The molecule has 0 saturated heterocycles. The third kappa shape index (κ3) is 3.74. The molecule has 2 aromatic rings. The van der Waals surface area contributed by atoms with Crippen molar-refractivity contribution < 1.29 is 18.3 Å². The average Bonchev–Trinajstić information content (AvgIpc) is 2.48. The minimum Gasteiger partial charge on any atom is -0.507 e. The van der Waals surface area contributed by atoms with E-state index >= 15 is 0 Å². The molecule has 0 aliphatic carbocycles. The Morgan fingerprint density at radius 1 is 1.10 bits per heavy atom. The molecule has 2 N–H and O–H groups in total. The minimum atomic E-state index is -3.72. The fourth-order valence-corrected chi connectivity index (χ4v) is 3.12. The van der Waals surface area contributed by atoms with Crippen molar-refractivity contribution in [2.75, 3.05) is 13.7 Å². The predicted octanol–water partition coefficient (Wildman–Crippen LogP) is 1.92. The van der Waals surface area contributed by atoms with Crippen LogP contribution in [0.4, 0.5) is 0 Å². The smallest absolute Gasteiger partial charge is 0.244 e. The van der Waals surface area contributed by atoms with Gasteiger partial charge in [0.1, 0.15) is 16.4 Å². The van der Waals surface area contributed by atoms with Crippen molar-refractivity contribution in [1.29, 1.82) is 0 Å². The van der Waals surface area contributed by atoms with E-state index in [0.29, 0.717) is 6.42 Å². The number of ether oxygens (including phenoxy) is 1. The molecule has 0 fully saturated rings. The van der Waals surface area contributed by atoms with Crippen molar-refractivity contribution >= 4 is 10.0 Å². The van der Waals surface area contributed by atoms with Gasteiger partial charge >= 0.3 is 0 Å². The molecule has 0 atom stereocenters. The summed E-state index contributed by atoms with van der Waals surface area (Å²) < 4.78 is 31.9. The van der Waals surface area contributed by atoms with Crippen LogP contribution in [-0.4, -0.2) is 27.2 Å². The van der Waals surface area contributed by atoms with Gasteiger partial charge in [0, 0.05) is 6.54 Å². The van der Waals surface area contributed by atoms with Gasteiger partial charge < -0.3 is 9.84 Å². The molecule has 0 aromatic heterocycles. The van der Waals surface area contributed by atoms with E-state index in [4.69, 9.17) is 4.74 Å². The van der Waals surface area contributed by atoms with E-state index < -0.39 is 10.0 Å². The Labute approximate surface area is 124 Å². The van der Waals surface area contributed by atoms with Gasteiger partial charge in [-0.2, -0.15) is 0 Å². The number of sulfonamides is 1. The molecule has 112 valence electrons. The van der Waals surface area contributed by atoms with Crippen LogP contribution in [0.2, 0.25) is 0 Å². The first-order valence-corrected chi connectivity index (χ1v) is 7.92. The number of aromatic hydroxyl groups is 1. The number of hydrogen-bond donors (Lipinski definition) is 2. The number of phenolic OH excluding ortho intramolecular Hbond substituents is 1. The van der Waals surface area contributed by atoms with Gasteiger partial charge in [-0.1, -0.05) is 30.3 Å². The zero-order valence-electron chi connectivity index (χ0n) is 11.6. The van der Waals surface area contributed by atoms with Gasteiger partial charge in [0.15, 0.2) is 0 Å². The molecule has 5 nitrogen and oxygen atoms in total. The van der Waals surface area contributed by atoms with Crippen molar-refractivity contribution in [2.24, 2.45) is 0 Å². The van der Waals surface area contributed by atoms with Crippen LogP contribution in [0, 0.1) is 0 Å². The molecule has 21 heavy (non-hydrogen) atoms. The summed E-state index contributed by atoms with van der Waals surface area (Å²) in [6.45, 7) is 0.219. The first-order chi connectivity index (χ1) is 10.0. The van der Waals surface area contributed by atoms with Crippen LogP contribution in [-0.2, 0) is 16.4 Å². The van der Waals surface area contributed by atoms with Crippen LogP contribution in [0.15, 0.2) is 53.4 Å². The maximum atomic E-state index is 12.1. The molecule has 2 aromatic carbocycles. The van der Waals surface area contributed by atoms with Crippen LogP contribution < -0.4 is 9.46 Å². The highest BCUT2D eigenvalue weighted by molar-refractivity contribution is 7.89. The number of para-hydroxylation sites is 2. The number of rotatable bonds is 6. The van der Waals surface area contributed by atoms with Crippen LogP contribution >= 0.6 is 0 Å². The van der Waals surface area contributed by atoms with E-state index in [9.17, 15) is 13.5 Å². The number of benzene rings is 2. The highest BCUT2D eigenvalue weighted by Gasteiger charge is 2.17. The lowest BCUT2D eigenvalue weighted by Gasteiger charge is -2.10. The Morgan fingerprint density at radius 3 is 2.48 bits per heavy atom. The zero-order valence-corrected chi connectivity index (χ0v) is 12.4. The SMILES string of the molecule is COc1ccccc1CCNS(=O)(=O)c1ccccc1O. The van der Waals surface area contributed by atoms with Gasteiger partial charge in [-0.3, -0.25) is 0 Å². The maximum Gasteiger partial charge on any atom is 0.244 e. The summed E-state index contributed by atoms with van der Waals surface area (Å²) in [4.78, 5) is -0.120. The normalized spacial score (nSPS) is 11.3. The van der Waals surface area contributed by atoms with Gasteiger partial charge in [-0.25, -0.2) is 13.1 Å². The topological polar surface area (TPSA) is 75.6 Å². The standard InChI is InChI=1S/C15H17NO4S/c1-20-14-8-4-2-6-12(14)10-11-16-21(18,19)15-9-5-3-7-13(15)17/h2-9,16-17H,10-11H2,1H3. The fraction of sp³-hybridized carbons (Fsp3) is 0.200. The summed E-state index contributed by atoms with van der Waals surface area (Å²) in [6, 6.07) is 13.3. The Kier molecular flexibility index (Phi) is 4.82. The number of nitrogens with one attached hydrogen (secondary N) is 1. The van der Waals surface area contributed by atoms with E-state index in [-0.39, 0.29) is 17.2 Å². The maximum absolute atomic E-state index is 12.1. The van der Waals surface area contributed by atoms with Gasteiger partial charge in [0.05, 0.1) is 7.11 Å². The molecule has 0 unspecified atom stereocenters. The number of methoxy groups -OCH3 is 1. The summed E-state index contributed by atoms with van der Waals surface area (Å²) in [6.07, 6.45) is 0.497. The third-order valence-corrected chi connectivity index (χ3v) is 4.54. The summed E-state index contributed by atoms with van der Waals surface area (Å²) >= 11 is 0. The summed E-state index contributed by atoms with van der Waals surface area (Å²) in [5, 5.41) is 9.61. The van der Waals surface area contributed by atoms with Crippen molar-refractivity contribution in [3.05, 3.63) is 54.1 Å². The zero-order chi connectivity index (χ0) is 15.3. The van der Waals surface area contributed by atoms with Gasteiger partial charge in [0.25, 0.3) is 0 Å². The minimum absolute atomic E-state index is 0.120. The molecule has 0 aliphatic heterocycles. The van der Waals surface area contributed by atoms with E-state index in [1.165, 1.54) is 12.1 Å². The Bertz CT molecular complexity index is 713. The van der Waals surface area contributed by atoms with Crippen LogP contribution in [0.25, 0.3) is 0 Å². The molecule has 0 amide bonds. The van der Waals surface area contributed by atoms with Crippen LogP contribution in [0.1, 0.15) is 5.56 Å². The molecule has 0 heterocycles. The first-order valence-electron chi connectivity index (χ1n) is 6.44. The summed E-state index contributed by atoms with van der Waals surface area (Å²) in [5.74, 6) is 0.460. The Morgan fingerprint density at radius 2 is 1.76 bits per heavy atom. The molecule has 6 heteroatoms. The quantitative estimate of drug-likeness (QED) is 0.855. The van der Waals surface area contributed by atoms with E-state index in [0.717, 1.165) is 11.3 Å². The summed E-state index contributed by atoms with van der Waals surface area (Å²) in [7, 11) is -2.15. The van der Waals surface area contributed by atoms with Gasteiger partial charge in [0.2, 0.25) is 10.0 Å². The highest BCUT2D eigenvalue weighted by Crippen LogP contribution is 2.21. The van der Waals surface area contributed by atoms with E-state index in [1.54, 1.807) is 19.2 Å². The molecular formula is C15H17NO4S. The molecule has 0 bridgehead atoms. The fourth-order valence-electron chi connectivity index (χ4n) is 1.99. The second-order valence-electron chi connectivity index (χ2n) is 4.43. The second kappa shape index (κ2) is 6.60. The lowest BCUT2D eigenvalue weighted by molar-refractivity contribution is 0.409. The van der Waals surface area contributed by atoms with Crippen LogP contribution in [0.5, 0.6) is 11.5 Å². The van der Waals surface area contributed by atoms with Crippen molar-refractivity contribution in [3.8, 4) is 11.5 Å². The predicted molar refractivity (Wildman–Crippen MR) is 80.0 cm³/mol. The first kappa shape index (κ1) is 15.3. The Hall–Kier alpha value is -2.05. The molecular weight excluding hydrogens is 290 g/mol. The van der Waals surface area contributed by atoms with Crippen LogP contribution in [0.3, 0.4) is 0 Å². The second-order valence-corrected chi connectivity index (χ2v) is 6.16. The molecule has 0 spiro atoms. The third-order valence-electron chi connectivity index (χ3n) is 3.03. The van der Waals surface area contributed by atoms with Gasteiger partial charge in [-0.05, 0) is 30.2 Å². The highest BCUT2D eigenvalue weighted by atomic mass is 32.2. The van der Waals surface area contributed by atoms with E-state index in [1.807, 2.05) is 24.3 Å². The average molecular weight is 307 g/mol. The van der Waals surface area contributed by atoms with Crippen molar-refractivity contribution in [1.82, 2.24) is 4.72 Å². The largest absolute Gasteiger partial charge is 0.507 e. The molecule has 0 saturated carbocycles. The summed E-state index contributed by atoms with van der Waals surface area (Å²) in [5.41, 5.74) is 0.917. The molecule has 0 radical (unpaired) electrons. The Balaban J connectivity index is 2.05. The van der Waals surface area contributed by atoms with Crippen molar-refractivity contribution in [2.45, 2.75) is 11.3 Å². The monoisotopic (exact) mass is 307 g/mol.